The van der Waals surface area contributed by atoms with Crippen molar-refractivity contribution in [1.82, 2.24) is 20.4 Å². The van der Waals surface area contributed by atoms with E-state index < -0.39 is 5.41 Å². The van der Waals surface area contributed by atoms with Gasteiger partial charge in [-0.25, -0.2) is 4.68 Å². The minimum Gasteiger partial charge on any atom is -0.396 e. The maximum Gasteiger partial charge on any atom is 0.256 e. The van der Waals surface area contributed by atoms with E-state index in [0.29, 0.717) is 56.2 Å². The van der Waals surface area contributed by atoms with Gasteiger partial charge in [0.25, 0.3) is 5.91 Å². The van der Waals surface area contributed by atoms with Crippen LogP contribution in [-0.4, -0.2) is 72.2 Å². The fourth-order valence-electron chi connectivity index (χ4n) is 7.29. The van der Waals surface area contributed by atoms with Crippen LogP contribution in [-0.2, 0) is 9.53 Å². The van der Waals surface area contributed by atoms with Crippen molar-refractivity contribution in [3.8, 4) is 0 Å². The van der Waals surface area contributed by atoms with Crippen LogP contribution in [0, 0.1) is 28.6 Å². The van der Waals surface area contributed by atoms with Crippen LogP contribution in [0.3, 0.4) is 0 Å². The van der Waals surface area contributed by atoms with E-state index in [1.165, 1.54) is 0 Å². The normalized spacial score (nSPS) is 31.7. The molecule has 1 saturated heterocycles. The van der Waals surface area contributed by atoms with E-state index in [1.807, 2.05) is 26.8 Å². The lowest BCUT2D eigenvalue weighted by Gasteiger charge is -2.59. The highest BCUT2D eigenvalue weighted by Crippen LogP contribution is 2.59. The highest BCUT2D eigenvalue weighted by molar-refractivity contribution is 5.99. The zero-order chi connectivity index (χ0) is 25.5. The summed E-state index contributed by atoms with van der Waals surface area (Å²) in [5.41, 5.74) is -0.0816. The summed E-state index contributed by atoms with van der Waals surface area (Å²) in [6, 6.07) is 0.154. The molecule has 4 saturated carbocycles. The zero-order valence-corrected chi connectivity index (χ0v) is 21.8. The predicted molar refractivity (Wildman–Crippen MR) is 137 cm³/mol. The fourth-order valence-corrected chi connectivity index (χ4v) is 7.29. The zero-order valence-electron chi connectivity index (χ0n) is 21.8. The SMILES string of the molecule is CCNC(=O)C(C)(C)/C=C/n1ncc(C(=O)N[C@H]2C3CC4CC2C[C@](CO)(C4)C3)c1N1CCOCC1. The minimum atomic E-state index is -0.713. The summed E-state index contributed by atoms with van der Waals surface area (Å²) in [6.07, 6.45) is 10.7. The van der Waals surface area contributed by atoms with Crippen molar-refractivity contribution in [1.29, 1.82) is 0 Å². The van der Waals surface area contributed by atoms with E-state index in [0.717, 1.165) is 37.9 Å². The Balaban J connectivity index is 1.38. The number of morpholine rings is 1. The number of nitrogens with zero attached hydrogens (tertiary/aromatic N) is 3. The molecule has 2 heterocycles. The molecular weight excluding hydrogens is 458 g/mol. The van der Waals surface area contributed by atoms with Crippen LogP contribution in [0.15, 0.2) is 12.3 Å². The van der Waals surface area contributed by atoms with Gasteiger partial charge in [0.15, 0.2) is 0 Å². The topological polar surface area (TPSA) is 109 Å². The number of anilines is 1. The number of aromatic nitrogens is 2. The lowest BCUT2D eigenvalue weighted by molar-refractivity contribution is -0.126. The van der Waals surface area contributed by atoms with Gasteiger partial charge in [0.1, 0.15) is 11.4 Å². The Hall–Kier alpha value is -2.39. The van der Waals surface area contributed by atoms with Gasteiger partial charge < -0.3 is 25.4 Å². The first-order valence-corrected chi connectivity index (χ1v) is 13.5. The second kappa shape index (κ2) is 9.82. The Kier molecular flexibility index (Phi) is 6.89. The number of hydrogen-bond donors (Lipinski definition) is 3. The van der Waals surface area contributed by atoms with Crippen molar-refractivity contribution in [3.63, 3.8) is 0 Å². The van der Waals surface area contributed by atoms with Crippen LogP contribution < -0.4 is 15.5 Å². The Bertz CT molecular complexity index is 996. The first kappa shape index (κ1) is 25.3. The lowest BCUT2D eigenvalue weighted by atomic mass is 9.48. The number of amides is 2. The smallest absolute Gasteiger partial charge is 0.256 e. The molecule has 2 unspecified atom stereocenters. The number of carbonyl (C=O) groups excluding carboxylic acids is 2. The standard InChI is InChI=1S/C27H41N5O4/c1-4-28-25(35)26(2,3)5-6-32-24(31-7-9-36-10-8-31)21(16-29-32)23(34)30-22-19-11-18-12-20(22)15-27(13-18,14-19)17-33/h5-6,16,18-20,22,33H,4,7-15,17H2,1-3H3,(H,28,35)(H,30,34)/b6-5+/t18?,19?,20?,22-,27-. The maximum atomic E-state index is 13.7. The van der Waals surface area contributed by atoms with E-state index in [4.69, 9.17) is 4.74 Å². The quantitative estimate of drug-likeness (QED) is 0.506. The second-order valence-electron chi connectivity index (χ2n) is 12.0. The van der Waals surface area contributed by atoms with Gasteiger partial charge >= 0.3 is 0 Å². The van der Waals surface area contributed by atoms with Crippen LogP contribution >= 0.6 is 0 Å². The number of aliphatic hydroxyl groups is 1. The fraction of sp³-hybridized carbons (Fsp3) is 0.741. The van der Waals surface area contributed by atoms with Crippen molar-refractivity contribution >= 4 is 23.8 Å². The molecule has 36 heavy (non-hydrogen) atoms. The molecule has 1 aromatic heterocycles. The molecule has 1 aromatic rings. The van der Waals surface area contributed by atoms with E-state index in [9.17, 15) is 14.7 Å². The highest BCUT2D eigenvalue weighted by Gasteiger charge is 2.55. The molecule has 3 N–H and O–H groups in total. The molecule has 0 radical (unpaired) electrons. The molecule has 5 aliphatic rings. The van der Waals surface area contributed by atoms with E-state index >= 15 is 0 Å². The number of hydrogen-bond acceptors (Lipinski definition) is 6. The van der Waals surface area contributed by atoms with Gasteiger partial charge in [-0.1, -0.05) is 6.08 Å². The molecule has 9 heteroatoms. The van der Waals surface area contributed by atoms with Gasteiger partial charge in [-0.05, 0) is 76.0 Å². The van der Waals surface area contributed by atoms with Crippen LogP contribution in [0.2, 0.25) is 0 Å². The average Bonchev–Trinajstić information content (AvgIpc) is 3.29. The highest BCUT2D eigenvalue weighted by atomic mass is 16.5. The van der Waals surface area contributed by atoms with Gasteiger partial charge in [-0.3, -0.25) is 9.59 Å². The van der Waals surface area contributed by atoms with Gasteiger partial charge in [0.2, 0.25) is 5.91 Å². The number of nitrogens with one attached hydrogen (secondary N) is 2. The largest absolute Gasteiger partial charge is 0.396 e. The Labute approximate surface area is 213 Å². The first-order chi connectivity index (χ1) is 17.2. The second-order valence-corrected chi connectivity index (χ2v) is 12.0. The third-order valence-electron chi connectivity index (χ3n) is 8.91. The van der Waals surface area contributed by atoms with Crippen molar-refractivity contribution in [2.24, 2.45) is 28.6 Å². The van der Waals surface area contributed by atoms with Crippen molar-refractivity contribution in [2.45, 2.75) is 58.9 Å². The molecule has 198 valence electrons. The third-order valence-corrected chi connectivity index (χ3v) is 8.91. The molecule has 0 aromatic carbocycles. The van der Waals surface area contributed by atoms with Crippen LogP contribution in [0.4, 0.5) is 5.82 Å². The van der Waals surface area contributed by atoms with Crippen molar-refractivity contribution < 1.29 is 19.4 Å². The van der Waals surface area contributed by atoms with E-state index in [-0.39, 0.29) is 29.9 Å². The molecule has 0 spiro atoms. The van der Waals surface area contributed by atoms with Crippen LogP contribution in [0.5, 0.6) is 0 Å². The average molecular weight is 500 g/mol. The van der Waals surface area contributed by atoms with E-state index in [2.05, 4.69) is 20.6 Å². The summed E-state index contributed by atoms with van der Waals surface area (Å²) >= 11 is 0. The monoisotopic (exact) mass is 499 g/mol. The lowest BCUT2D eigenvalue weighted by Crippen LogP contribution is -2.60. The van der Waals surface area contributed by atoms with Crippen molar-refractivity contribution in [2.75, 3.05) is 44.4 Å². The van der Waals surface area contributed by atoms with Gasteiger partial charge in [-0.15, -0.1) is 0 Å². The molecule has 1 aliphatic heterocycles. The summed E-state index contributed by atoms with van der Waals surface area (Å²) < 4.78 is 7.27. The molecular formula is C27H41N5O4. The molecule has 5 fully saturated rings. The molecule has 6 rings (SSSR count). The first-order valence-electron chi connectivity index (χ1n) is 13.5. The summed E-state index contributed by atoms with van der Waals surface area (Å²) in [4.78, 5) is 28.3. The van der Waals surface area contributed by atoms with Crippen molar-refractivity contribution in [3.05, 3.63) is 17.8 Å². The summed E-state index contributed by atoms with van der Waals surface area (Å²) in [6.45, 7) is 9.02. The van der Waals surface area contributed by atoms with Crippen LogP contribution in [0.1, 0.15) is 63.2 Å². The molecule has 2 amide bonds. The maximum absolute atomic E-state index is 13.7. The summed E-state index contributed by atoms with van der Waals surface area (Å²) in [5, 5.41) is 20.9. The number of carbonyl (C=O) groups is 2. The Morgan fingerprint density at radius 1 is 1.22 bits per heavy atom. The van der Waals surface area contributed by atoms with Gasteiger partial charge in [-0.2, -0.15) is 5.10 Å². The molecule has 2 atom stereocenters. The molecule has 9 nitrogen and oxygen atoms in total. The third kappa shape index (κ3) is 4.67. The number of aliphatic hydroxyl groups excluding tert-OH is 1. The minimum absolute atomic E-state index is 0.0539. The summed E-state index contributed by atoms with van der Waals surface area (Å²) in [7, 11) is 0. The Morgan fingerprint density at radius 3 is 2.56 bits per heavy atom. The number of ether oxygens (including phenoxy) is 1. The Morgan fingerprint density at radius 2 is 1.92 bits per heavy atom. The molecule has 4 aliphatic carbocycles. The van der Waals surface area contributed by atoms with Gasteiger partial charge in [0.05, 0.1) is 24.8 Å². The summed E-state index contributed by atoms with van der Waals surface area (Å²) in [5.74, 6) is 2.16. The number of rotatable bonds is 8. The predicted octanol–water partition coefficient (Wildman–Crippen LogP) is 2.27. The van der Waals surface area contributed by atoms with Gasteiger partial charge in [0, 0.05) is 38.5 Å². The van der Waals surface area contributed by atoms with Crippen LogP contribution in [0.25, 0.3) is 6.20 Å². The van der Waals surface area contributed by atoms with E-state index in [1.54, 1.807) is 17.1 Å². The molecule has 4 bridgehead atoms.